The number of rotatable bonds is 15. The van der Waals surface area contributed by atoms with E-state index in [1.807, 2.05) is 12.2 Å². The first-order valence-corrected chi connectivity index (χ1v) is 36.3. The van der Waals surface area contributed by atoms with Crippen LogP contribution in [-0.4, -0.2) is 27.4 Å². The van der Waals surface area contributed by atoms with E-state index < -0.39 is 0 Å². The summed E-state index contributed by atoms with van der Waals surface area (Å²) in [5.74, 6) is 0.588. The minimum absolute atomic E-state index is 0.0364. The van der Waals surface area contributed by atoms with Crippen LogP contribution in [0.4, 0.5) is 0 Å². The quantitative estimate of drug-likeness (QED) is 0.0916. The molecule has 6 heteroatoms. The van der Waals surface area contributed by atoms with Gasteiger partial charge >= 0.3 is 0 Å². The third-order valence-corrected chi connectivity index (χ3v) is 22.3. The van der Waals surface area contributed by atoms with Crippen molar-refractivity contribution in [1.29, 1.82) is 0 Å². The second-order valence-corrected chi connectivity index (χ2v) is 29.2. The highest BCUT2D eigenvalue weighted by molar-refractivity contribution is 6.17. The van der Waals surface area contributed by atoms with Crippen molar-refractivity contribution in [3.8, 4) is 28.4 Å². The largest absolute Gasteiger partial charge is 0.340 e. The summed E-state index contributed by atoms with van der Waals surface area (Å²) in [6.45, 7) is 20.7. The molecule has 0 aliphatic heterocycles. The van der Waals surface area contributed by atoms with E-state index in [0.29, 0.717) is 5.92 Å². The summed E-state index contributed by atoms with van der Waals surface area (Å²) in [4.78, 5) is 0. The van der Waals surface area contributed by atoms with Gasteiger partial charge < -0.3 is 27.4 Å². The molecule has 1 unspecified atom stereocenters. The Balaban J connectivity index is 0.705. The summed E-state index contributed by atoms with van der Waals surface area (Å²) in [6.07, 6.45) is 13.3. The average molecular weight is 1320 g/mol. The van der Waals surface area contributed by atoms with Crippen LogP contribution in [0.15, 0.2) is 280 Å². The standard InChI is InChI=1S/C96H78N6/c1-8-12-21-63(11-4)60-97-84-48-40-68(99-86-26-17-13-22-72(86)76-52-61(9-2)32-44-90(76)99)56-80(84)81-57-69(41-49-85(81)97)100-88-28-19-15-24-74(88)78-54-64(34-46-92(78)100)30-31-65-35-47-93-79(55-65)75-25-16-20-29-89(75)102(93)71-43-51-95-83(59-71)82-58-70(42-50-94(82)98(95)67-38-36-66(37-39-67)96(5,6)7)101-87-27-18-14-23-73(87)77-53-62(10-3)33-45-91(77)101/h9-10,13-20,22-59,63H,2-3,8,11-12,21,60H2,1,4-7H3. The molecule has 0 aliphatic carbocycles. The van der Waals surface area contributed by atoms with Crippen LogP contribution in [0.1, 0.15) is 88.1 Å². The first-order chi connectivity index (χ1) is 50.0. The molecule has 0 fully saturated rings. The zero-order valence-corrected chi connectivity index (χ0v) is 58.4. The van der Waals surface area contributed by atoms with Crippen molar-refractivity contribution < 1.29 is 0 Å². The van der Waals surface area contributed by atoms with Gasteiger partial charge in [-0.15, -0.1) is 0 Å². The van der Waals surface area contributed by atoms with Crippen LogP contribution in [0.2, 0.25) is 0 Å². The summed E-state index contributed by atoms with van der Waals surface area (Å²) < 4.78 is 14.9. The van der Waals surface area contributed by atoms with E-state index in [0.717, 1.165) is 74.7 Å². The number of para-hydroxylation sites is 4. The molecule has 19 aromatic rings. The fourth-order valence-corrected chi connectivity index (χ4v) is 17.1. The average Bonchev–Trinajstić information content (AvgIpc) is 1.58. The van der Waals surface area contributed by atoms with Crippen LogP contribution in [0.25, 0.3) is 184 Å². The topological polar surface area (TPSA) is 29.6 Å². The predicted molar refractivity (Wildman–Crippen MR) is 439 cm³/mol. The second kappa shape index (κ2) is 23.8. The number of unbranched alkanes of at least 4 members (excludes halogenated alkanes) is 1. The third kappa shape index (κ3) is 9.60. The molecule has 0 amide bonds. The lowest BCUT2D eigenvalue weighted by molar-refractivity contribution is 0.401. The Kier molecular flexibility index (Phi) is 14.2. The maximum atomic E-state index is 4.11. The molecule has 0 saturated carbocycles. The molecule has 0 radical (unpaired) electrons. The molecule has 6 heterocycles. The molecule has 0 bridgehead atoms. The number of hydrogen-bond acceptors (Lipinski definition) is 0. The Morgan fingerprint density at radius 2 is 0.588 bits per heavy atom. The molecule has 1 atom stereocenters. The normalized spacial score (nSPS) is 12.8. The number of hydrogen-bond donors (Lipinski definition) is 0. The Morgan fingerprint density at radius 1 is 0.304 bits per heavy atom. The highest BCUT2D eigenvalue weighted by Gasteiger charge is 2.24. The summed E-state index contributed by atoms with van der Waals surface area (Å²) >= 11 is 0. The van der Waals surface area contributed by atoms with Gasteiger partial charge in [-0.2, -0.15) is 0 Å². The van der Waals surface area contributed by atoms with Crippen molar-refractivity contribution in [2.45, 2.75) is 72.3 Å². The minimum atomic E-state index is 0.0364. The van der Waals surface area contributed by atoms with Gasteiger partial charge in [0.05, 0.1) is 55.2 Å². The van der Waals surface area contributed by atoms with E-state index in [9.17, 15) is 0 Å². The Hall–Kier alpha value is -12.1. The zero-order valence-electron chi connectivity index (χ0n) is 58.4. The maximum absolute atomic E-state index is 4.11. The van der Waals surface area contributed by atoms with Gasteiger partial charge in [-0.25, -0.2) is 0 Å². The van der Waals surface area contributed by atoms with Gasteiger partial charge in [0.1, 0.15) is 0 Å². The van der Waals surface area contributed by atoms with E-state index in [4.69, 9.17) is 0 Å². The van der Waals surface area contributed by atoms with Crippen LogP contribution in [0, 0.1) is 5.92 Å². The lowest BCUT2D eigenvalue weighted by Crippen LogP contribution is -2.10. The number of benzene rings is 13. The molecular formula is C96H78N6. The molecule has 0 spiro atoms. The number of nitrogens with zero attached hydrogens (tertiary/aromatic N) is 6. The van der Waals surface area contributed by atoms with Gasteiger partial charge in [0.15, 0.2) is 0 Å². The van der Waals surface area contributed by atoms with Crippen molar-refractivity contribution in [1.82, 2.24) is 27.4 Å². The van der Waals surface area contributed by atoms with Gasteiger partial charge in [0.25, 0.3) is 0 Å². The zero-order chi connectivity index (χ0) is 68.6. The fourth-order valence-electron chi connectivity index (χ4n) is 17.1. The Labute approximate surface area is 593 Å². The lowest BCUT2D eigenvalue weighted by atomic mass is 9.87. The second-order valence-electron chi connectivity index (χ2n) is 29.2. The van der Waals surface area contributed by atoms with Crippen molar-refractivity contribution >= 4 is 155 Å². The van der Waals surface area contributed by atoms with Crippen molar-refractivity contribution in [3.05, 3.63) is 308 Å². The summed E-state index contributed by atoms with van der Waals surface area (Å²) in [5, 5.41) is 14.8. The first kappa shape index (κ1) is 61.0. The van der Waals surface area contributed by atoms with Gasteiger partial charge in [-0.3, -0.25) is 0 Å². The Morgan fingerprint density at radius 3 is 0.931 bits per heavy atom. The van der Waals surface area contributed by atoms with Crippen LogP contribution in [0.3, 0.4) is 0 Å². The lowest BCUT2D eigenvalue weighted by Gasteiger charge is -2.19. The molecule has 19 rings (SSSR count). The van der Waals surface area contributed by atoms with Crippen LogP contribution < -0.4 is 0 Å². The maximum Gasteiger partial charge on any atom is 0.0542 e. The van der Waals surface area contributed by atoms with Gasteiger partial charge in [-0.05, 0) is 203 Å². The SMILES string of the molecule is C=Cc1ccc2c(c1)c1ccccc1n2-c1ccc2c(c1)c1cc(-n3c4ccccc4c4cc(C=Cc5ccc6c(c5)c5ccccc5n6-c5ccc6c(c5)c5cc(-n7c8ccccc8c8cc(C=C)ccc87)ccc5n6-c5ccc(C(C)(C)C)cc5)ccc43)ccc1n2CC(CC)CCCC. The fraction of sp³-hybridized carbons (Fsp3) is 0.125. The van der Waals surface area contributed by atoms with Gasteiger partial charge in [0, 0.05) is 111 Å². The van der Waals surface area contributed by atoms with E-state index >= 15 is 0 Å². The van der Waals surface area contributed by atoms with Gasteiger partial charge in [-0.1, -0.05) is 201 Å². The molecule has 6 aromatic heterocycles. The highest BCUT2D eigenvalue weighted by Crippen LogP contribution is 2.44. The van der Waals surface area contributed by atoms with E-state index in [-0.39, 0.29) is 5.41 Å². The number of aromatic nitrogens is 6. The predicted octanol–water partition coefficient (Wildman–Crippen LogP) is 26.3. The molecule has 13 aromatic carbocycles. The van der Waals surface area contributed by atoms with Crippen molar-refractivity contribution in [2.75, 3.05) is 0 Å². The van der Waals surface area contributed by atoms with Gasteiger partial charge in [0.2, 0.25) is 0 Å². The minimum Gasteiger partial charge on any atom is -0.340 e. The molecule has 6 nitrogen and oxygen atoms in total. The smallest absolute Gasteiger partial charge is 0.0542 e. The highest BCUT2D eigenvalue weighted by atomic mass is 15.0. The summed E-state index contributed by atoms with van der Waals surface area (Å²) in [5.41, 5.74) is 25.9. The van der Waals surface area contributed by atoms with E-state index in [1.54, 1.807) is 0 Å². The van der Waals surface area contributed by atoms with E-state index in [2.05, 4.69) is 354 Å². The molecule has 0 saturated heterocycles. The third-order valence-electron chi connectivity index (χ3n) is 22.3. The summed E-state index contributed by atoms with van der Waals surface area (Å²) in [6, 6.07) is 101. The van der Waals surface area contributed by atoms with Crippen molar-refractivity contribution in [3.63, 3.8) is 0 Å². The monoisotopic (exact) mass is 1310 g/mol. The number of fused-ring (bicyclic) bond motifs is 18. The van der Waals surface area contributed by atoms with Crippen LogP contribution in [0.5, 0.6) is 0 Å². The Bertz CT molecular complexity index is 6710. The molecule has 492 valence electrons. The summed E-state index contributed by atoms with van der Waals surface area (Å²) in [7, 11) is 0. The first-order valence-electron chi connectivity index (χ1n) is 36.3. The van der Waals surface area contributed by atoms with Crippen LogP contribution in [-0.2, 0) is 12.0 Å². The molecule has 0 aliphatic rings. The molecule has 102 heavy (non-hydrogen) atoms. The van der Waals surface area contributed by atoms with E-state index in [1.165, 1.54) is 145 Å². The van der Waals surface area contributed by atoms with Crippen molar-refractivity contribution in [2.24, 2.45) is 5.92 Å². The van der Waals surface area contributed by atoms with Crippen LogP contribution >= 0.6 is 0 Å². The molecule has 0 N–H and O–H groups in total. The molecular weight excluding hydrogens is 1240 g/mol.